The number of carbonyl (C=O) groups excluding carboxylic acids is 1. The third-order valence-electron chi connectivity index (χ3n) is 3.57. The van der Waals surface area contributed by atoms with Crippen molar-refractivity contribution in [3.8, 4) is 16.9 Å². The molecule has 0 aromatic heterocycles. The van der Waals surface area contributed by atoms with E-state index in [1.54, 1.807) is 7.11 Å². The molecule has 2 aromatic carbocycles. The predicted octanol–water partition coefficient (Wildman–Crippen LogP) is 2.89. The van der Waals surface area contributed by atoms with Gasteiger partial charge in [0.25, 0.3) is 0 Å². The Kier molecular flexibility index (Phi) is 2.95. The second-order valence-electron chi connectivity index (χ2n) is 4.49. The Hall–Kier alpha value is -2.29. The summed E-state index contributed by atoms with van der Waals surface area (Å²) in [7, 11) is 1.65. The van der Waals surface area contributed by atoms with Crippen LogP contribution >= 0.6 is 0 Å². The van der Waals surface area contributed by atoms with Crippen LogP contribution < -0.4 is 4.74 Å². The zero-order valence-corrected chi connectivity index (χ0v) is 10.6. The van der Waals surface area contributed by atoms with E-state index in [0.717, 1.165) is 11.3 Å². The summed E-state index contributed by atoms with van der Waals surface area (Å²) in [6, 6.07) is 14.2. The minimum absolute atomic E-state index is 0.0581. The first kappa shape index (κ1) is 11.8. The average molecular weight is 253 g/mol. The molecular weight excluding hydrogens is 240 g/mol. The normalized spacial score (nSPS) is 15.5. The topological polar surface area (TPSA) is 35.5 Å². The van der Waals surface area contributed by atoms with Gasteiger partial charge in [-0.05, 0) is 34.4 Å². The van der Waals surface area contributed by atoms with Crippen molar-refractivity contribution >= 4 is 6.47 Å². The molecule has 3 heteroatoms. The second-order valence-corrected chi connectivity index (χ2v) is 4.49. The fraction of sp³-hybridized carbons (Fsp3) is 0.188. The second kappa shape index (κ2) is 4.76. The standard InChI is InChI=1S/C16H13O3/c1-18-11-6-7-14-12-4-2-3-5-13(12)16(9-19-10-17)15(14)8-11/h2-8,16H,9H2,1H3. The Morgan fingerprint density at radius 2 is 1.89 bits per heavy atom. The molecule has 3 nitrogen and oxygen atoms in total. The molecule has 0 amide bonds. The number of methoxy groups -OCH3 is 1. The van der Waals surface area contributed by atoms with Crippen molar-refractivity contribution in [2.24, 2.45) is 0 Å². The highest BCUT2D eigenvalue weighted by atomic mass is 16.5. The molecule has 3 rings (SSSR count). The Bertz CT molecular complexity index is 619. The largest absolute Gasteiger partial charge is 0.497 e. The van der Waals surface area contributed by atoms with Gasteiger partial charge >= 0.3 is 6.47 Å². The lowest BCUT2D eigenvalue weighted by Gasteiger charge is -2.12. The molecule has 1 aliphatic rings. The first-order chi connectivity index (χ1) is 9.35. The predicted molar refractivity (Wildman–Crippen MR) is 71.9 cm³/mol. The summed E-state index contributed by atoms with van der Waals surface area (Å²) in [5.41, 5.74) is 4.69. The van der Waals surface area contributed by atoms with Crippen LogP contribution in [0.5, 0.6) is 5.75 Å². The zero-order chi connectivity index (χ0) is 13.2. The quantitative estimate of drug-likeness (QED) is 0.840. The summed E-state index contributed by atoms with van der Waals surface area (Å²) in [5.74, 6) is 0.870. The molecule has 1 aliphatic carbocycles. The van der Waals surface area contributed by atoms with Crippen molar-refractivity contribution in [1.29, 1.82) is 0 Å². The fourth-order valence-electron chi connectivity index (χ4n) is 2.71. The number of benzene rings is 2. The van der Waals surface area contributed by atoms with Gasteiger partial charge in [-0.3, -0.25) is 0 Å². The zero-order valence-electron chi connectivity index (χ0n) is 10.6. The van der Waals surface area contributed by atoms with Crippen molar-refractivity contribution in [2.75, 3.05) is 13.7 Å². The third-order valence-corrected chi connectivity index (χ3v) is 3.57. The maximum Gasteiger partial charge on any atom is 0.417 e. The van der Waals surface area contributed by atoms with Gasteiger partial charge in [0, 0.05) is 5.92 Å². The van der Waals surface area contributed by atoms with E-state index in [1.165, 1.54) is 23.2 Å². The highest BCUT2D eigenvalue weighted by Crippen LogP contribution is 2.45. The summed E-state index contributed by atoms with van der Waals surface area (Å²) in [5, 5.41) is 0. The molecule has 0 aliphatic heterocycles. The molecule has 19 heavy (non-hydrogen) atoms. The molecule has 0 bridgehead atoms. The maximum absolute atomic E-state index is 10.3. The highest BCUT2D eigenvalue weighted by molar-refractivity contribution is 5.79. The van der Waals surface area contributed by atoms with E-state index in [-0.39, 0.29) is 5.92 Å². The van der Waals surface area contributed by atoms with E-state index < -0.39 is 0 Å². The Morgan fingerprint density at radius 3 is 2.68 bits per heavy atom. The Balaban J connectivity index is 2.12. The van der Waals surface area contributed by atoms with Gasteiger partial charge in [0.2, 0.25) is 0 Å². The number of hydrogen-bond donors (Lipinski definition) is 0. The number of fused-ring (bicyclic) bond motifs is 3. The number of hydrogen-bond acceptors (Lipinski definition) is 3. The van der Waals surface area contributed by atoms with E-state index in [1.807, 2.05) is 24.3 Å². The fourth-order valence-corrected chi connectivity index (χ4v) is 2.71. The van der Waals surface area contributed by atoms with E-state index >= 15 is 0 Å². The lowest BCUT2D eigenvalue weighted by atomic mass is 9.98. The van der Waals surface area contributed by atoms with E-state index in [4.69, 9.17) is 9.47 Å². The summed E-state index contributed by atoms with van der Waals surface area (Å²) in [6.45, 7) is 1.81. The molecule has 0 saturated carbocycles. The Morgan fingerprint density at radius 1 is 1.11 bits per heavy atom. The van der Waals surface area contributed by atoms with Gasteiger partial charge in [-0.1, -0.05) is 30.3 Å². The van der Waals surface area contributed by atoms with Gasteiger partial charge in [0.15, 0.2) is 0 Å². The molecule has 2 aromatic rings. The molecule has 0 saturated heterocycles. The summed E-state index contributed by atoms with van der Waals surface area (Å²) in [4.78, 5) is 10.3. The van der Waals surface area contributed by atoms with E-state index in [9.17, 15) is 4.79 Å². The van der Waals surface area contributed by atoms with Gasteiger partial charge in [0.1, 0.15) is 12.4 Å². The van der Waals surface area contributed by atoms with Gasteiger partial charge < -0.3 is 9.47 Å². The van der Waals surface area contributed by atoms with Crippen molar-refractivity contribution in [3.05, 3.63) is 53.6 Å². The third kappa shape index (κ3) is 1.87. The molecule has 1 atom stereocenters. The van der Waals surface area contributed by atoms with E-state index in [0.29, 0.717) is 6.61 Å². The van der Waals surface area contributed by atoms with Crippen LogP contribution in [0.1, 0.15) is 17.0 Å². The van der Waals surface area contributed by atoms with Crippen LogP contribution in [0.25, 0.3) is 11.1 Å². The monoisotopic (exact) mass is 253 g/mol. The van der Waals surface area contributed by atoms with Crippen molar-refractivity contribution in [2.45, 2.75) is 5.92 Å². The van der Waals surface area contributed by atoms with Gasteiger partial charge in [-0.2, -0.15) is 0 Å². The van der Waals surface area contributed by atoms with Gasteiger partial charge in [-0.25, -0.2) is 4.79 Å². The minimum atomic E-state index is 0.0581. The lowest BCUT2D eigenvalue weighted by Crippen LogP contribution is -2.06. The van der Waals surface area contributed by atoms with Crippen LogP contribution in [-0.4, -0.2) is 20.2 Å². The summed E-state index contributed by atoms with van der Waals surface area (Å²) in [6.07, 6.45) is 0. The van der Waals surface area contributed by atoms with Crippen LogP contribution in [0.4, 0.5) is 0 Å². The number of rotatable bonds is 4. The van der Waals surface area contributed by atoms with Crippen LogP contribution in [0.15, 0.2) is 42.5 Å². The molecule has 1 radical (unpaired) electrons. The molecule has 0 heterocycles. The SMILES string of the molecule is COc1ccc2c(c1)C(CO[C]=O)c1ccccc1-2. The van der Waals surface area contributed by atoms with E-state index in [2.05, 4.69) is 18.2 Å². The molecular formula is C16H13O3. The highest BCUT2D eigenvalue weighted by Gasteiger charge is 2.29. The van der Waals surface area contributed by atoms with Crippen LogP contribution in [0.3, 0.4) is 0 Å². The van der Waals surface area contributed by atoms with Gasteiger partial charge in [0.05, 0.1) is 7.11 Å². The first-order valence-corrected chi connectivity index (χ1v) is 6.11. The average Bonchev–Trinajstić information content (AvgIpc) is 2.78. The van der Waals surface area contributed by atoms with Crippen LogP contribution in [-0.2, 0) is 9.53 Å². The van der Waals surface area contributed by atoms with Crippen LogP contribution in [0.2, 0.25) is 0 Å². The minimum Gasteiger partial charge on any atom is -0.497 e. The lowest BCUT2D eigenvalue weighted by molar-refractivity contribution is 0.268. The molecule has 95 valence electrons. The van der Waals surface area contributed by atoms with Crippen molar-refractivity contribution < 1.29 is 14.3 Å². The van der Waals surface area contributed by atoms with Crippen molar-refractivity contribution in [3.63, 3.8) is 0 Å². The molecule has 1 unspecified atom stereocenters. The molecule has 0 N–H and O–H groups in total. The van der Waals surface area contributed by atoms with Gasteiger partial charge in [-0.15, -0.1) is 0 Å². The number of ether oxygens (including phenoxy) is 2. The summed E-state index contributed by atoms with van der Waals surface area (Å²) >= 11 is 0. The molecule has 0 spiro atoms. The first-order valence-electron chi connectivity index (χ1n) is 6.11. The summed E-state index contributed by atoms with van der Waals surface area (Å²) < 4.78 is 10.1. The molecule has 0 fully saturated rings. The van der Waals surface area contributed by atoms with Crippen LogP contribution in [0, 0.1) is 0 Å². The maximum atomic E-state index is 10.3. The van der Waals surface area contributed by atoms with Crippen molar-refractivity contribution in [1.82, 2.24) is 0 Å². The smallest absolute Gasteiger partial charge is 0.417 e. The Labute approximate surface area is 111 Å².